The van der Waals surface area contributed by atoms with Crippen LogP contribution in [-0.4, -0.2) is 62.6 Å². The Labute approximate surface area is 231 Å². The lowest BCUT2D eigenvalue weighted by molar-refractivity contribution is -0.190. The number of amides is 1. The zero-order valence-electron chi connectivity index (χ0n) is 22.0. The Morgan fingerprint density at radius 1 is 0.951 bits per heavy atom. The van der Waals surface area contributed by atoms with Crippen LogP contribution in [0.4, 0.5) is 26.3 Å². The van der Waals surface area contributed by atoms with Crippen LogP contribution < -0.4 is 5.56 Å². The molecule has 1 unspecified atom stereocenters. The fraction of sp³-hybridized carbons (Fsp3) is 0.536. The van der Waals surface area contributed by atoms with Crippen molar-refractivity contribution in [3.63, 3.8) is 0 Å². The highest BCUT2D eigenvalue weighted by atomic mass is 19.4. The van der Waals surface area contributed by atoms with E-state index in [0.29, 0.717) is 31.2 Å². The highest BCUT2D eigenvalue weighted by Crippen LogP contribution is 2.52. The van der Waals surface area contributed by atoms with Gasteiger partial charge in [-0.2, -0.15) is 26.3 Å². The molecular formula is C28H30F6N2O5. The monoisotopic (exact) mass is 588 g/mol. The van der Waals surface area contributed by atoms with Crippen molar-refractivity contribution in [1.29, 1.82) is 0 Å². The Bertz CT molecular complexity index is 1320. The summed E-state index contributed by atoms with van der Waals surface area (Å²) in [5, 5.41) is 21.8. The number of benzene rings is 1. The minimum atomic E-state index is -4.98. The van der Waals surface area contributed by atoms with Gasteiger partial charge in [0, 0.05) is 36.3 Å². The highest BCUT2D eigenvalue weighted by molar-refractivity contribution is 5.95. The van der Waals surface area contributed by atoms with Crippen LogP contribution in [0.15, 0.2) is 47.4 Å². The zero-order valence-corrected chi connectivity index (χ0v) is 22.0. The third-order valence-corrected chi connectivity index (χ3v) is 8.33. The van der Waals surface area contributed by atoms with Gasteiger partial charge in [0.15, 0.2) is 0 Å². The van der Waals surface area contributed by atoms with Crippen LogP contribution in [-0.2, 0) is 11.3 Å². The second-order valence-electron chi connectivity index (χ2n) is 11.1. The molecule has 2 aromatic rings. The van der Waals surface area contributed by atoms with Crippen molar-refractivity contribution in [1.82, 2.24) is 9.47 Å². The molecule has 2 heterocycles. The number of carbonyl (C=O) groups excluding carboxylic acids is 1. The van der Waals surface area contributed by atoms with Gasteiger partial charge in [-0.15, -0.1) is 0 Å². The van der Waals surface area contributed by atoms with Crippen LogP contribution in [0.3, 0.4) is 0 Å². The van der Waals surface area contributed by atoms with E-state index in [2.05, 4.69) is 0 Å². The topological polar surface area (TPSA) is 99.8 Å². The van der Waals surface area contributed by atoms with Gasteiger partial charge in [0.05, 0.1) is 36.5 Å². The Morgan fingerprint density at radius 2 is 1.54 bits per heavy atom. The first kappa shape index (κ1) is 30.6. The van der Waals surface area contributed by atoms with Crippen LogP contribution in [0.5, 0.6) is 0 Å². The van der Waals surface area contributed by atoms with Crippen LogP contribution in [0, 0.1) is 11.3 Å². The van der Waals surface area contributed by atoms with E-state index in [1.807, 2.05) is 0 Å². The molecule has 1 aromatic carbocycles. The Morgan fingerprint density at radius 3 is 2.07 bits per heavy atom. The molecule has 1 aromatic heterocycles. The molecule has 1 spiro atoms. The summed E-state index contributed by atoms with van der Waals surface area (Å²) in [6.07, 6.45) is -11.0. The van der Waals surface area contributed by atoms with Crippen molar-refractivity contribution >= 4 is 11.9 Å². The van der Waals surface area contributed by atoms with Crippen molar-refractivity contribution in [3.8, 4) is 11.1 Å². The third kappa shape index (κ3) is 6.77. The van der Waals surface area contributed by atoms with Crippen LogP contribution >= 0.6 is 0 Å². The molecule has 1 saturated carbocycles. The number of aliphatic hydroxyl groups is 1. The second kappa shape index (κ2) is 11.1. The maximum absolute atomic E-state index is 13.1. The molecule has 1 aliphatic carbocycles. The van der Waals surface area contributed by atoms with Crippen molar-refractivity contribution in [2.75, 3.05) is 13.1 Å². The molecule has 0 bridgehead atoms. The quantitative estimate of drug-likeness (QED) is 0.430. The molecule has 1 saturated heterocycles. The lowest BCUT2D eigenvalue weighted by atomic mass is 9.65. The predicted molar refractivity (Wildman–Crippen MR) is 135 cm³/mol. The second-order valence-corrected chi connectivity index (χ2v) is 11.1. The van der Waals surface area contributed by atoms with Gasteiger partial charge < -0.3 is 19.7 Å². The number of aromatic carboxylic acids is 1. The van der Waals surface area contributed by atoms with Crippen LogP contribution in [0.1, 0.15) is 55.3 Å². The molecule has 4 rings (SSSR count). The number of hydrogen-bond acceptors (Lipinski definition) is 4. The number of pyridine rings is 1. The maximum atomic E-state index is 13.1. The normalized spacial score (nSPS) is 21.0. The van der Waals surface area contributed by atoms with E-state index in [9.17, 15) is 50.9 Å². The maximum Gasteiger partial charge on any atom is 0.389 e. The van der Waals surface area contributed by atoms with Gasteiger partial charge in [-0.1, -0.05) is 43.2 Å². The number of alkyl halides is 6. The van der Waals surface area contributed by atoms with Gasteiger partial charge >= 0.3 is 18.3 Å². The van der Waals surface area contributed by atoms with E-state index in [-0.39, 0.29) is 37.2 Å². The number of hydrogen-bond donors (Lipinski definition) is 2. The lowest BCUT2D eigenvalue weighted by Gasteiger charge is -2.53. The van der Waals surface area contributed by atoms with Gasteiger partial charge in [-0.25, -0.2) is 4.79 Å². The van der Waals surface area contributed by atoms with Gasteiger partial charge in [-0.3, -0.25) is 9.59 Å². The van der Waals surface area contributed by atoms with E-state index in [1.54, 1.807) is 30.3 Å². The number of piperidine rings is 1. The van der Waals surface area contributed by atoms with E-state index in [4.69, 9.17) is 0 Å². The van der Waals surface area contributed by atoms with Crippen molar-refractivity contribution < 1.29 is 46.1 Å². The van der Waals surface area contributed by atoms with Gasteiger partial charge in [0.25, 0.3) is 5.56 Å². The molecule has 13 heteroatoms. The molecule has 2 N–H and O–H groups in total. The van der Waals surface area contributed by atoms with Gasteiger partial charge in [0.2, 0.25) is 5.91 Å². The number of carbonyl (C=O) groups is 2. The number of rotatable bonds is 7. The first-order valence-corrected chi connectivity index (χ1v) is 13.2. The van der Waals surface area contributed by atoms with E-state index in [0.717, 1.165) is 21.7 Å². The van der Waals surface area contributed by atoms with E-state index >= 15 is 0 Å². The molecule has 224 valence electrons. The number of aromatic nitrogens is 1. The minimum absolute atomic E-state index is 0.183. The summed E-state index contributed by atoms with van der Waals surface area (Å²) in [5.74, 6) is -4.92. The summed E-state index contributed by atoms with van der Waals surface area (Å²) in [6, 6.07) is 9.53. The molecule has 2 aliphatic rings. The first-order valence-electron chi connectivity index (χ1n) is 13.2. The number of likely N-dealkylation sites (tertiary alicyclic amines) is 1. The Balaban J connectivity index is 1.64. The van der Waals surface area contributed by atoms with E-state index < -0.39 is 59.6 Å². The predicted octanol–water partition coefficient (Wildman–Crippen LogP) is 5.26. The average Bonchev–Trinajstić information content (AvgIpc) is 3.35. The van der Waals surface area contributed by atoms with Crippen molar-refractivity contribution in [2.45, 2.75) is 69.4 Å². The molecular weight excluding hydrogens is 558 g/mol. The largest absolute Gasteiger partial charge is 0.478 e. The van der Waals surface area contributed by atoms with Gasteiger partial charge in [-0.05, 0) is 24.8 Å². The third-order valence-electron chi connectivity index (χ3n) is 8.33. The summed E-state index contributed by atoms with van der Waals surface area (Å²) in [4.78, 5) is 39.2. The highest BCUT2D eigenvalue weighted by Gasteiger charge is 2.56. The summed E-state index contributed by atoms with van der Waals surface area (Å²) < 4.78 is 79.6. The Kier molecular flexibility index (Phi) is 8.32. The smallest absolute Gasteiger partial charge is 0.389 e. The SMILES string of the molecule is O=C(O)c1cn(CC2(O)CCN(C(=O)C(CC(F)(F)F)CC(F)(F)F)CC23CCCC3)c(=O)cc1-c1ccccc1. The summed E-state index contributed by atoms with van der Waals surface area (Å²) in [6.45, 7) is -0.930. The standard InChI is InChI=1S/C28H30F6N2O5/c29-27(30,31)13-19(14-28(32,33)34)23(38)35-11-10-26(41,25(16-35)8-4-5-9-25)17-36-15-21(24(39)40)20(12-22(36)37)18-6-2-1-3-7-18/h1-3,6-7,12,15,19,41H,4-5,8-11,13-14,16-17H2,(H,39,40). The summed E-state index contributed by atoms with van der Waals surface area (Å²) in [5.41, 5.74) is -2.86. The minimum Gasteiger partial charge on any atom is -0.478 e. The van der Waals surface area contributed by atoms with Gasteiger partial charge in [0.1, 0.15) is 0 Å². The molecule has 1 amide bonds. The molecule has 0 radical (unpaired) electrons. The summed E-state index contributed by atoms with van der Waals surface area (Å²) in [7, 11) is 0. The Hall–Kier alpha value is -3.35. The number of carboxylic acid groups (broad SMARTS) is 1. The molecule has 1 aliphatic heterocycles. The van der Waals surface area contributed by atoms with Crippen LogP contribution in [0.25, 0.3) is 11.1 Å². The number of carboxylic acids is 1. The molecule has 7 nitrogen and oxygen atoms in total. The van der Waals surface area contributed by atoms with Crippen molar-refractivity contribution in [3.05, 3.63) is 58.5 Å². The number of nitrogens with zero attached hydrogens (tertiary/aromatic N) is 2. The molecule has 1 atom stereocenters. The lowest BCUT2D eigenvalue weighted by Crippen LogP contribution is -2.62. The summed E-state index contributed by atoms with van der Waals surface area (Å²) >= 11 is 0. The first-order chi connectivity index (χ1) is 19.0. The van der Waals surface area contributed by atoms with Crippen LogP contribution in [0.2, 0.25) is 0 Å². The molecule has 41 heavy (non-hydrogen) atoms. The fourth-order valence-electron chi connectivity index (χ4n) is 6.36. The average molecular weight is 589 g/mol. The number of halogens is 6. The van der Waals surface area contributed by atoms with Crippen molar-refractivity contribution in [2.24, 2.45) is 11.3 Å². The van der Waals surface area contributed by atoms with E-state index in [1.165, 1.54) is 0 Å². The molecule has 2 fully saturated rings. The zero-order chi connectivity index (χ0) is 30.2. The fourth-order valence-corrected chi connectivity index (χ4v) is 6.36.